The molecule has 25 heteroatoms. The van der Waals surface area contributed by atoms with E-state index in [1.165, 1.54) is 48.0 Å². The van der Waals surface area contributed by atoms with Crippen LogP contribution in [-0.4, -0.2) is 59.3 Å². The summed E-state index contributed by atoms with van der Waals surface area (Å²) in [6, 6.07) is 0. The summed E-state index contributed by atoms with van der Waals surface area (Å²) < 4.78 is 4.61. The monoisotopic (exact) mass is 641 g/mol. The summed E-state index contributed by atoms with van der Waals surface area (Å²) >= 11 is 0. The Morgan fingerprint density at radius 1 is 0.561 bits per heavy atom. The van der Waals surface area contributed by atoms with Gasteiger partial charge in [-0.2, -0.15) is 0 Å². The molecule has 0 aromatic carbocycles. The number of aryl methyl sites for hydroxylation is 2. The fourth-order valence-electron chi connectivity index (χ4n) is 2.58. The van der Waals surface area contributed by atoms with Crippen LogP contribution in [0.1, 0.15) is 0 Å². The third-order valence-corrected chi connectivity index (χ3v) is 4.16. The van der Waals surface area contributed by atoms with Crippen LogP contribution in [0.15, 0.2) is 44.0 Å². The van der Waals surface area contributed by atoms with Crippen LogP contribution in [0.5, 0.6) is 0 Å². The summed E-state index contributed by atoms with van der Waals surface area (Å²) in [6.07, 6.45) is 5.74. The van der Waals surface area contributed by atoms with Crippen LogP contribution >= 0.6 is 0 Å². The van der Waals surface area contributed by atoms with Gasteiger partial charge in [-0.15, -0.1) is 0 Å². The molecule has 0 saturated heterocycles. The van der Waals surface area contributed by atoms with Crippen molar-refractivity contribution in [2.75, 3.05) is 0 Å². The van der Waals surface area contributed by atoms with Crippen LogP contribution in [0.3, 0.4) is 0 Å². The Labute approximate surface area is 235 Å². The second-order valence-electron chi connectivity index (χ2n) is 6.32. The van der Waals surface area contributed by atoms with Gasteiger partial charge < -0.3 is 52.5 Å². The molecule has 4 aromatic heterocycles. The summed E-state index contributed by atoms with van der Waals surface area (Å²) in [5.41, 5.74) is -0.617. The zero-order chi connectivity index (χ0) is 27.7. The molecule has 0 aliphatic heterocycles. The Morgan fingerprint density at radius 2 is 0.780 bits per heavy atom. The minimum Gasteiger partial charge on any atom is -0.457 e. The van der Waals surface area contributed by atoms with Gasteiger partial charge in [0.2, 0.25) is 0 Å². The SMILES string of the molecule is Cn1c(=O)c2nccnc2n(C)c1=O.Cn1c(=O)c2nccnc2n(C)c1=O.O.O.O=[N+]([O-])[O-].O=[N+]([O-])[O-].[Co+2].[OH3+].[OH3+]. The molecule has 10 N–H and O–H groups in total. The van der Waals surface area contributed by atoms with Gasteiger partial charge in [-0.3, -0.25) is 27.9 Å². The van der Waals surface area contributed by atoms with E-state index >= 15 is 0 Å². The van der Waals surface area contributed by atoms with E-state index in [0.717, 1.165) is 9.13 Å². The minimum absolute atomic E-state index is 0. The second kappa shape index (κ2) is 19.8. The number of aromatic nitrogens is 8. The first-order valence-corrected chi connectivity index (χ1v) is 9.08. The van der Waals surface area contributed by atoms with E-state index < -0.39 is 32.7 Å². The molecule has 0 atom stereocenters. The normalized spacial score (nSPS) is 8.49. The molecule has 1 radical (unpaired) electrons. The maximum Gasteiger partial charge on any atom is 2.00 e. The number of nitrogens with zero attached hydrogens (tertiary/aromatic N) is 10. The van der Waals surface area contributed by atoms with Gasteiger partial charge >= 0.3 is 28.2 Å². The van der Waals surface area contributed by atoms with Gasteiger partial charge in [0.05, 0.1) is 10.2 Å². The molecule has 4 aromatic rings. The van der Waals surface area contributed by atoms with Gasteiger partial charge in [0.15, 0.2) is 22.3 Å². The molecule has 0 spiro atoms. The van der Waals surface area contributed by atoms with E-state index in [-0.39, 0.29) is 49.7 Å². The molecular weight excluding hydrogens is 615 g/mol. The molecule has 0 unspecified atom stereocenters. The smallest absolute Gasteiger partial charge is 0.457 e. The van der Waals surface area contributed by atoms with Gasteiger partial charge in [0, 0.05) is 53.0 Å². The van der Waals surface area contributed by atoms with Crippen LogP contribution < -0.4 is 22.5 Å². The molecule has 4 rings (SSSR count). The molecule has 0 aliphatic rings. The van der Waals surface area contributed by atoms with Gasteiger partial charge in [0.25, 0.3) is 11.1 Å². The summed E-state index contributed by atoms with van der Waals surface area (Å²) in [4.78, 5) is 78.2. The van der Waals surface area contributed by atoms with E-state index in [0.29, 0.717) is 11.3 Å². The van der Waals surface area contributed by atoms with Crippen LogP contribution in [0.2, 0.25) is 0 Å². The predicted octanol–water partition coefficient (Wildman–Crippen LogP) is -5.92. The number of hydrogen-bond donors (Lipinski definition) is 0. The van der Waals surface area contributed by atoms with Crippen molar-refractivity contribution in [2.45, 2.75) is 0 Å². The van der Waals surface area contributed by atoms with Gasteiger partial charge in [0.1, 0.15) is 0 Å². The third-order valence-electron chi connectivity index (χ3n) is 4.16. The Bertz CT molecular complexity index is 1530. The number of fused-ring (bicyclic) bond motifs is 2. The summed E-state index contributed by atoms with van der Waals surface area (Å²) in [7, 11) is 5.94. The first-order valence-electron chi connectivity index (χ1n) is 9.08. The summed E-state index contributed by atoms with van der Waals surface area (Å²) in [5.74, 6) is 0. The molecule has 0 fully saturated rings. The van der Waals surface area contributed by atoms with Crippen molar-refractivity contribution in [3.63, 3.8) is 0 Å². The summed E-state index contributed by atoms with van der Waals surface area (Å²) in [6.45, 7) is 0. The Kier molecular flexibility index (Phi) is 22.1. The van der Waals surface area contributed by atoms with E-state index in [1.807, 2.05) is 0 Å². The molecule has 41 heavy (non-hydrogen) atoms. The fourth-order valence-corrected chi connectivity index (χ4v) is 2.58. The second-order valence-corrected chi connectivity index (χ2v) is 6.32. The zero-order valence-corrected chi connectivity index (χ0v) is 22.4. The molecule has 0 saturated carbocycles. The molecule has 231 valence electrons. The Hall–Kier alpha value is -5.21. The molecule has 24 nitrogen and oxygen atoms in total. The average Bonchev–Trinajstić information content (AvgIpc) is 2.83. The Morgan fingerprint density at radius 3 is 1.02 bits per heavy atom. The standard InChI is InChI=1S/2C8H8N4O2.Co.2NO3.4H2O/c2*1-11-6-5(9-3-4-10-6)7(13)12(2)8(11)14;;2*2-1(3)4;;;;/h2*3-4H,1-2H3;;;;4*1H2/q;;+2;2*-1;;;;/p+2. The van der Waals surface area contributed by atoms with Crippen molar-refractivity contribution in [3.8, 4) is 0 Å². The van der Waals surface area contributed by atoms with Crippen LogP contribution in [0.4, 0.5) is 0 Å². The van der Waals surface area contributed by atoms with Crippen molar-refractivity contribution in [1.82, 2.24) is 38.2 Å². The third kappa shape index (κ3) is 11.6. The molecule has 0 aliphatic carbocycles. The van der Waals surface area contributed by atoms with Crippen LogP contribution in [0, 0.1) is 30.6 Å². The fraction of sp³-hybridized carbons (Fsp3) is 0.250. The quantitative estimate of drug-likeness (QED) is 0.0980. The average molecular weight is 641 g/mol. The first kappa shape index (κ1) is 45.7. The van der Waals surface area contributed by atoms with Gasteiger partial charge in [-0.25, -0.2) is 29.5 Å². The van der Waals surface area contributed by atoms with Crippen LogP contribution in [-0.2, 0) is 55.9 Å². The topological polar surface area (TPSA) is 401 Å². The van der Waals surface area contributed by atoms with Crippen molar-refractivity contribution < 1.29 is 48.9 Å². The van der Waals surface area contributed by atoms with E-state index in [9.17, 15) is 19.2 Å². The minimum atomic E-state index is -1.75. The number of hydrogen-bond acceptors (Lipinski definition) is 14. The van der Waals surface area contributed by atoms with Crippen molar-refractivity contribution in [2.24, 2.45) is 28.2 Å². The largest absolute Gasteiger partial charge is 2.00 e. The van der Waals surface area contributed by atoms with Gasteiger partial charge in [-0.05, 0) is 0 Å². The molecule has 0 bridgehead atoms. The van der Waals surface area contributed by atoms with E-state index in [1.54, 1.807) is 14.1 Å². The van der Waals surface area contributed by atoms with Crippen molar-refractivity contribution in [1.29, 1.82) is 0 Å². The van der Waals surface area contributed by atoms with Crippen molar-refractivity contribution >= 4 is 22.3 Å². The van der Waals surface area contributed by atoms with Crippen molar-refractivity contribution in [3.05, 3.63) is 97.1 Å². The predicted molar refractivity (Wildman–Crippen MR) is 138 cm³/mol. The zero-order valence-electron chi connectivity index (χ0n) is 21.4. The Balaban J connectivity index is -0.000000153. The first-order chi connectivity index (χ1) is 16.7. The van der Waals surface area contributed by atoms with Gasteiger partial charge in [-0.1, -0.05) is 0 Å². The maximum atomic E-state index is 11.5. The van der Waals surface area contributed by atoms with E-state index in [2.05, 4.69) is 19.9 Å². The molecule has 4 heterocycles. The number of rotatable bonds is 0. The van der Waals surface area contributed by atoms with Crippen LogP contribution in [0.25, 0.3) is 22.3 Å². The van der Waals surface area contributed by atoms with E-state index in [4.69, 9.17) is 30.6 Å². The molecular formula is C16H26CoN10O14+2. The summed E-state index contributed by atoms with van der Waals surface area (Å²) in [5, 5.41) is 29.5. The maximum absolute atomic E-state index is 11.5. The molecule has 0 amide bonds.